The van der Waals surface area contributed by atoms with E-state index in [0.717, 1.165) is 0 Å². The Morgan fingerprint density at radius 2 is 0.318 bits per heavy atom. The van der Waals surface area contributed by atoms with Crippen molar-refractivity contribution in [2.24, 2.45) is 0 Å². The minimum Gasteiger partial charge on any atom is -1.00 e. The number of halogens is 4. The molecule has 16 nitrogen and oxygen atoms in total. The monoisotopic (exact) mass is 526 g/mol. The summed E-state index contributed by atoms with van der Waals surface area (Å²) in [5.74, 6) is 0. The van der Waals surface area contributed by atoms with Gasteiger partial charge < -0.3 is 1.43 Å². The van der Waals surface area contributed by atoms with Crippen molar-refractivity contribution in [3.8, 4) is 0 Å². The van der Waals surface area contributed by atoms with Gasteiger partial charge in [0, 0.05) is 0 Å². The topological polar surface area (TPSA) is 369 Å². The first kappa shape index (κ1) is 39.9. The van der Waals surface area contributed by atoms with Gasteiger partial charge in [-0.25, -0.2) is 74.5 Å². The summed E-state index contributed by atoms with van der Waals surface area (Å²) in [7, 11) is -19.8. The van der Waals surface area contributed by atoms with Gasteiger partial charge >= 0.3 is 77.6 Å². The van der Waals surface area contributed by atoms with E-state index in [1.165, 1.54) is 0 Å². The molecule has 0 aliphatic rings. The number of rotatable bonds is 0. The van der Waals surface area contributed by atoms with Gasteiger partial charge in [-0.1, -0.05) is 0 Å². The van der Waals surface area contributed by atoms with E-state index in [4.69, 9.17) is 74.5 Å². The summed E-state index contributed by atoms with van der Waals surface area (Å²) in [6, 6.07) is 0. The summed E-state index contributed by atoms with van der Waals surface area (Å²) < 4.78 is 136. The zero-order valence-corrected chi connectivity index (χ0v) is 18.1. The predicted octanol–water partition coefficient (Wildman–Crippen LogP) is -21.9. The maximum Gasteiger partial charge on any atom is 4.00 e. The number of hydrogen-bond donors (Lipinski definition) is 0. The summed E-state index contributed by atoms with van der Waals surface area (Å²) in [6.07, 6.45) is 0. The Balaban J connectivity index is -0.0000000284. The zero-order valence-electron chi connectivity index (χ0n) is 10.5. The van der Waals surface area contributed by atoms with Gasteiger partial charge in [0.1, 0.15) is 0 Å². The third-order valence-electron chi connectivity index (χ3n) is 0. The van der Waals surface area contributed by atoms with E-state index >= 15 is 0 Å². The molecule has 130 valence electrons. The second kappa shape index (κ2) is 17.5. The SMILES string of the molecule is [H-].[K+].[O-][Cl+3]([O-])([O-])[O-].[O-][Cl+3]([O-])([O-])[O-].[O-][Cl+3]([O-])([O-])[O-].[O-][Cl+3]([O-])([O-])[O-].[Zr+4]. The quantitative estimate of drug-likeness (QED) is 0.263. The second-order valence-electron chi connectivity index (χ2n) is 1.51. The van der Waals surface area contributed by atoms with Crippen LogP contribution in [0, 0.1) is 41.0 Å². The third kappa shape index (κ3) is 1210. The first-order valence-electron chi connectivity index (χ1n) is 2.47. The molecule has 0 rings (SSSR count). The molecule has 22 heteroatoms. The zero-order chi connectivity index (χ0) is 18.0. The van der Waals surface area contributed by atoms with E-state index in [9.17, 15) is 0 Å². The van der Waals surface area contributed by atoms with Gasteiger partial charge in [-0.2, -0.15) is 0 Å². The Bertz CT molecular complexity index is 142. The van der Waals surface area contributed by atoms with Crippen LogP contribution in [0.25, 0.3) is 0 Å². The molecule has 0 radical (unpaired) electrons. The Kier molecular flexibility index (Phi) is 31.7. The Labute approximate surface area is 192 Å². The Morgan fingerprint density at radius 3 is 0.318 bits per heavy atom. The molecule has 0 aromatic rings. The summed E-state index contributed by atoms with van der Waals surface area (Å²) in [5.41, 5.74) is 0. The van der Waals surface area contributed by atoms with E-state index in [1.54, 1.807) is 0 Å². The fourth-order valence-electron chi connectivity index (χ4n) is 0. The van der Waals surface area contributed by atoms with Gasteiger partial charge in [0.25, 0.3) is 0 Å². The molecule has 0 amide bonds. The van der Waals surface area contributed by atoms with Crippen LogP contribution in [0.2, 0.25) is 0 Å². The fraction of sp³-hybridized carbons (Fsp3) is 0. The second-order valence-corrected chi connectivity index (χ2v) is 4.54. The van der Waals surface area contributed by atoms with E-state index in [1.807, 2.05) is 0 Å². The molecular weight excluding hydrogens is 528 g/mol. The van der Waals surface area contributed by atoms with Crippen molar-refractivity contribution >= 4 is 0 Å². The van der Waals surface area contributed by atoms with E-state index in [2.05, 4.69) is 0 Å². The van der Waals surface area contributed by atoms with Crippen molar-refractivity contribution in [1.29, 1.82) is 0 Å². The van der Waals surface area contributed by atoms with Gasteiger partial charge in [0.05, 0.1) is 0 Å². The first-order valence-corrected chi connectivity index (χ1v) is 7.41. The molecule has 0 N–H and O–H groups in total. The molecule has 0 bridgehead atoms. The molecule has 0 spiro atoms. The molecule has 0 unspecified atom stereocenters. The van der Waals surface area contributed by atoms with Crippen molar-refractivity contribution in [3.05, 3.63) is 0 Å². The largest absolute Gasteiger partial charge is 4.00 e. The van der Waals surface area contributed by atoms with Crippen molar-refractivity contribution in [2.45, 2.75) is 0 Å². The minimum absolute atomic E-state index is 0. The van der Waals surface area contributed by atoms with Crippen LogP contribution >= 0.6 is 0 Å². The van der Waals surface area contributed by atoms with Crippen molar-refractivity contribution in [3.63, 3.8) is 0 Å². The maximum absolute atomic E-state index is 8.49. The van der Waals surface area contributed by atoms with E-state index < -0.39 is 41.0 Å². The normalized spacial score (nSPS) is 10.9. The molecule has 0 aromatic heterocycles. The molecule has 0 aromatic carbocycles. The molecule has 0 saturated carbocycles. The maximum atomic E-state index is 8.49. The average molecular weight is 529 g/mol. The van der Waals surface area contributed by atoms with Gasteiger partial charge in [-0.05, 0) is 0 Å². The molecule has 0 aliphatic heterocycles. The van der Waals surface area contributed by atoms with Crippen molar-refractivity contribution < 1.29 is 195 Å². The van der Waals surface area contributed by atoms with Crippen LogP contribution in [0.1, 0.15) is 1.43 Å². The summed E-state index contributed by atoms with van der Waals surface area (Å²) in [5, 5.41) is 0. The molecule has 0 saturated heterocycles. The molecule has 0 aliphatic carbocycles. The standard InChI is InChI=1S/4ClHO4.K.Zr.H/c4*2-1(3,4)5;;;/h4*(H,2,3,4,5);;;/q;;;;+1;+4;-1/p-4. The van der Waals surface area contributed by atoms with Crippen LogP contribution in [-0.4, -0.2) is 0 Å². The smallest absolute Gasteiger partial charge is 1.00 e. The van der Waals surface area contributed by atoms with E-state index in [0.29, 0.717) is 0 Å². The van der Waals surface area contributed by atoms with Crippen LogP contribution in [0.5, 0.6) is 0 Å². The Morgan fingerprint density at radius 1 is 0.318 bits per heavy atom. The Hall–Kier alpha value is 3.04. The third-order valence-corrected chi connectivity index (χ3v) is 0. The summed E-state index contributed by atoms with van der Waals surface area (Å²) in [4.78, 5) is 0. The fourth-order valence-corrected chi connectivity index (χ4v) is 0. The van der Waals surface area contributed by atoms with E-state index in [-0.39, 0.29) is 79.0 Å². The summed E-state index contributed by atoms with van der Waals surface area (Å²) in [6.45, 7) is 0. The minimum atomic E-state index is -4.94. The van der Waals surface area contributed by atoms with Gasteiger partial charge in [-0.15, -0.1) is 41.0 Å². The van der Waals surface area contributed by atoms with Gasteiger partial charge in [0.15, 0.2) is 0 Å². The molecule has 0 heterocycles. The molecule has 22 heavy (non-hydrogen) atoms. The molecule has 0 atom stereocenters. The molecule has 0 fully saturated rings. The van der Waals surface area contributed by atoms with Crippen molar-refractivity contribution in [1.82, 2.24) is 0 Å². The van der Waals surface area contributed by atoms with Crippen LogP contribution < -0.4 is 126 Å². The van der Waals surface area contributed by atoms with Gasteiger partial charge in [-0.3, -0.25) is 0 Å². The molecular formula is HCl4KO16Zr. The predicted molar refractivity (Wildman–Crippen MR) is 1.11 cm³/mol. The van der Waals surface area contributed by atoms with Crippen molar-refractivity contribution in [2.75, 3.05) is 0 Å². The first-order chi connectivity index (χ1) is 8.00. The van der Waals surface area contributed by atoms with Crippen LogP contribution in [0.4, 0.5) is 0 Å². The average Bonchev–Trinajstić information content (AvgIpc) is 1.62. The van der Waals surface area contributed by atoms with Gasteiger partial charge in [0.2, 0.25) is 0 Å². The summed E-state index contributed by atoms with van der Waals surface area (Å²) >= 11 is 0. The number of hydrogen-bond acceptors (Lipinski definition) is 16. The van der Waals surface area contributed by atoms with Crippen LogP contribution in [0.15, 0.2) is 0 Å². The van der Waals surface area contributed by atoms with Crippen LogP contribution in [-0.2, 0) is 26.2 Å². The van der Waals surface area contributed by atoms with Crippen LogP contribution in [0.3, 0.4) is 0 Å².